The molecule has 0 fully saturated rings. The van der Waals surface area contributed by atoms with Gasteiger partial charge in [0.05, 0.1) is 16.5 Å². The molecule has 19 heavy (non-hydrogen) atoms. The van der Waals surface area contributed by atoms with E-state index in [1.54, 1.807) is 26.0 Å². The van der Waals surface area contributed by atoms with E-state index in [4.69, 9.17) is 10.4 Å². The molecule has 1 aromatic rings. The summed E-state index contributed by atoms with van der Waals surface area (Å²) in [7, 11) is -3.62. The largest absolute Gasteiger partial charge is 0.396 e. The first-order valence-corrected chi connectivity index (χ1v) is 7.53. The van der Waals surface area contributed by atoms with Gasteiger partial charge in [-0.1, -0.05) is 13.0 Å². The van der Waals surface area contributed by atoms with Gasteiger partial charge in [0.15, 0.2) is 0 Å². The van der Waals surface area contributed by atoms with Crippen molar-refractivity contribution >= 4 is 10.0 Å². The van der Waals surface area contributed by atoms with Crippen molar-refractivity contribution < 1.29 is 13.5 Å². The molecule has 0 spiro atoms. The Morgan fingerprint density at radius 1 is 1.42 bits per heavy atom. The first-order chi connectivity index (χ1) is 8.97. The van der Waals surface area contributed by atoms with E-state index in [0.717, 1.165) is 0 Å². The second-order valence-electron chi connectivity index (χ2n) is 4.17. The first-order valence-electron chi connectivity index (χ1n) is 6.09. The van der Waals surface area contributed by atoms with Crippen molar-refractivity contribution in [2.75, 3.05) is 19.7 Å². The zero-order valence-electron chi connectivity index (χ0n) is 11.1. The fourth-order valence-corrected chi connectivity index (χ4v) is 3.52. The highest BCUT2D eigenvalue weighted by molar-refractivity contribution is 7.89. The van der Waals surface area contributed by atoms with Crippen LogP contribution in [0.25, 0.3) is 0 Å². The number of aryl methyl sites for hydroxylation is 1. The maximum absolute atomic E-state index is 12.5. The van der Waals surface area contributed by atoms with Crippen molar-refractivity contribution in [3.63, 3.8) is 0 Å². The van der Waals surface area contributed by atoms with Crippen LogP contribution in [0.5, 0.6) is 0 Å². The average Bonchev–Trinajstić information content (AvgIpc) is 2.39. The molecule has 0 aliphatic rings. The molecule has 1 N–H and O–H groups in total. The van der Waals surface area contributed by atoms with Crippen molar-refractivity contribution in [3.05, 3.63) is 29.3 Å². The summed E-state index contributed by atoms with van der Waals surface area (Å²) in [6.07, 6.45) is 0.393. The van der Waals surface area contributed by atoms with Crippen LogP contribution in [0.4, 0.5) is 0 Å². The van der Waals surface area contributed by atoms with Crippen LogP contribution in [-0.4, -0.2) is 37.5 Å². The van der Waals surface area contributed by atoms with Crippen molar-refractivity contribution in [1.82, 2.24) is 4.31 Å². The van der Waals surface area contributed by atoms with Crippen molar-refractivity contribution in [2.45, 2.75) is 25.2 Å². The molecule has 0 radical (unpaired) electrons. The summed E-state index contributed by atoms with van der Waals surface area (Å²) in [6, 6.07) is 6.56. The zero-order chi connectivity index (χ0) is 14.5. The monoisotopic (exact) mass is 282 g/mol. The Balaban J connectivity index is 3.22. The van der Waals surface area contributed by atoms with Crippen LogP contribution < -0.4 is 0 Å². The number of rotatable bonds is 6. The Labute approximate surface area is 114 Å². The minimum absolute atomic E-state index is 0.0523. The standard InChI is InChI=1S/C13H18N2O3S/c1-3-15(7-4-8-16)19(17,18)13-9-12(10-14)6-5-11(13)2/h5-6,9,16H,3-4,7-8H2,1-2H3. The molecule has 5 nitrogen and oxygen atoms in total. The third-order valence-electron chi connectivity index (χ3n) is 2.85. The van der Waals surface area contributed by atoms with Crippen LogP contribution in [0.15, 0.2) is 23.1 Å². The van der Waals surface area contributed by atoms with Crippen LogP contribution in [0.2, 0.25) is 0 Å². The van der Waals surface area contributed by atoms with Gasteiger partial charge in [-0.05, 0) is 31.0 Å². The van der Waals surface area contributed by atoms with Gasteiger partial charge in [-0.3, -0.25) is 0 Å². The molecule has 0 amide bonds. The molecule has 0 atom stereocenters. The summed E-state index contributed by atoms with van der Waals surface area (Å²) in [6.45, 7) is 4.00. The van der Waals surface area contributed by atoms with Gasteiger partial charge in [0.1, 0.15) is 0 Å². The lowest BCUT2D eigenvalue weighted by atomic mass is 10.2. The third-order valence-corrected chi connectivity index (χ3v) is 4.97. The van der Waals surface area contributed by atoms with Gasteiger partial charge in [-0.15, -0.1) is 0 Å². The van der Waals surface area contributed by atoms with Gasteiger partial charge in [0.25, 0.3) is 0 Å². The minimum atomic E-state index is -3.62. The Morgan fingerprint density at radius 2 is 2.11 bits per heavy atom. The van der Waals surface area contributed by atoms with Gasteiger partial charge < -0.3 is 5.11 Å². The number of nitrogens with zero attached hydrogens (tertiary/aromatic N) is 2. The Bertz CT molecular complexity index is 576. The molecule has 0 aromatic heterocycles. The molecule has 0 saturated carbocycles. The first kappa shape index (κ1) is 15.6. The molecule has 0 saturated heterocycles. The van der Waals surface area contributed by atoms with E-state index in [1.807, 2.05) is 6.07 Å². The number of aliphatic hydroxyl groups excluding tert-OH is 1. The van der Waals surface area contributed by atoms with Crippen molar-refractivity contribution in [3.8, 4) is 6.07 Å². The molecule has 0 unspecified atom stereocenters. The molecular weight excluding hydrogens is 264 g/mol. The Hall–Kier alpha value is -1.42. The number of hydrogen-bond donors (Lipinski definition) is 1. The van der Waals surface area contributed by atoms with Crippen LogP contribution >= 0.6 is 0 Å². The summed E-state index contributed by atoms with van der Waals surface area (Å²) in [5.74, 6) is 0. The van der Waals surface area contributed by atoms with Crippen LogP contribution in [0.1, 0.15) is 24.5 Å². The quantitative estimate of drug-likeness (QED) is 0.851. The van der Waals surface area contributed by atoms with E-state index < -0.39 is 10.0 Å². The van der Waals surface area contributed by atoms with E-state index in [-0.39, 0.29) is 18.0 Å². The minimum Gasteiger partial charge on any atom is -0.396 e. The highest BCUT2D eigenvalue weighted by atomic mass is 32.2. The van der Waals surface area contributed by atoms with E-state index in [1.165, 1.54) is 10.4 Å². The van der Waals surface area contributed by atoms with Gasteiger partial charge in [-0.25, -0.2) is 8.42 Å². The molecule has 104 valence electrons. The maximum atomic E-state index is 12.5. The molecule has 0 heterocycles. The maximum Gasteiger partial charge on any atom is 0.243 e. The highest BCUT2D eigenvalue weighted by Gasteiger charge is 2.24. The molecule has 0 aliphatic carbocycles. The van der Waals surface area contributed by atoms with Crippen molar-refractivity contribution in [1.29, 1.82) is 5.26 Å². The van der Waals surface area contributed by atoms with Crippen molar-refractivity contribution in [2.24, 2.45) is 0 Å². The van der Waals surface area contributed by atoms with Crippen LogP contribution in [0.3, 0.4) is 0 Å². The Morgan fingerprint density at radius 3 is 2.63 bits per heavy atom. The lowest BCUT2D eigenvalue weighted by molar-refractivity contribution is 0.271. The fraction of sp³-hybridized carbons (Fsp3) is 0.462. The highest BCUT2D eigenvalue weighted by Crippen LogP contribution is 2.21. The fourth-order valence-electron chi connectivity index (χ4n) is 1.78. The number of hydrogen-bond acceptors (Lipinski definition) is 4. The molecule has 1 aromatic carbocycles. The predicted molar refractivity (Wildman–Crippen MR) is 72.0 cm³/mol. The SMILES string of the molecule is CCN(CCCO)S(=O)(=O)c1cc(C#N)ccc1C. The summed E-state index contributed by atoms with van der Waals surface area (Å²) in [5.41, 5.74) is 0.934. The van der Waals surface area contributed by atoms with E-state index >= 15 is 0 Å². The molecule has 0 bridgehead atoms. The number of nitriles is 1. The molecule has 6 heteroatoms. The van der Waals surface area contributed by atoms with Gasteiger partial charge in [0, 0.05) is 19.7 Å². The van der Waals surface area contributed by atoms with Crippen LogP contribution in [0, 0.1) is 18.3 Å². The summed E-state index contributed by atoms with van der Waals surface area (Å²) < 4.78 is 26.3. The van der Waals surface area contributed by atoms with Gasteiger partial charge in [0.2, 0.25) is 10.0 Å². The second-order valence-corrected chi connectivity index (χ2v) is 6.07. The predicted octanol–water partition coefficient (Wildman–Crippen LogP) is 1.26. The van der Waals surface area contributed by atoms with Gasteiger partial charge >= 0.3 is 0 Å². The normalized spacial score (nSPS) is 11.5. The van der Waals surface area contributed by atoms with Gasteiger partial charge in [-0.2, -0.15) is 9.57 Å². The molecule has 0 aliphatic heterocycles. The molecular formula is C13H18N2O3S. The van der Waals surface area contributed by atoms with E-state index in [9.17, 15) is 8.42 Å². The topological polar surface area (TPSA) is 81.4 Å². The second kappa shape index (κ2) is 6.66. The summed E-state index contributed by atoms with van der Waals surface area (Å²) >= 11 is 0. The number of benzene rings is 1. The Kier molecular flexibility index (Phi) is 5.48. The summed E-state index contributed by atoms with van der Waals surface area (Å²) in [5, 5.41) is 17.7. The van der Waals surface area contributed by atoms with Crippen LogP contribution in [-0.2, 0) is 10.0 Å². The zero-order valence-corrected chi connectivity index (χ0v) is 11.9. The lowest BCUT2D eigenvalue weighted by Gasteiger charge is -2.21. The smallest absolute Gasteiger partial charge is 0.243 e. The van der Waals surface area contributed by atoms with E-state index in [2.05, 4.69) is 0 Å². The average molecular weight is 282 g/mol. The number of aliphatic hydroxyl groups is 1. The lowest BCUT2D eigenvalue weighted by Crippen LogP contribution is -2.32. The summed E-state index contributed by atoms with van der Waals surface area (Å²) in [4.78, 5) is 0.159. The molecule has 1 rings (SSSR count). The van der Waals surface area contributed by atoms with E-state index in [0.29, 0.717) is 24.1 Å². The third kappa shape index (κ3) is 3.53. The number of sulfonamides is 1.